The number of carboxylic acids is 2. The molecule has 0 saturated carbocycles. The average molecular weight is 1040 g/mol. The average Bonchev–Trinajstić information content (AvgIpc) is 3.35. The smallest absolute Gasteiger partial charge is 0.334 e. The number of aliphatic carboxylic acids is 2. The lowest BCUT2D eigenvalue weighted by Gasteiger charge is -2.51. The lowest BCUT2D eigenvalue weighted by Crippen LogP contribution is -2.53. The van der Waals surface area contributed by atoms with E-state index in [0.29, 0.717) is 35.6 Å². The van der Waals surface area contributed by atoms with Crippen LogP contribution >= 0.6 is 0 Å². The van der Waals surface area contributed by atoms with Crippen molar-refractivity contribution in [3.63, 3.8) is 0 Å². The fraction of sp³-hybridized carbons (Fsp3) is 0.625. The molecule has 0 aliphatic carbocycles. The topological polar surface area (TPSA) is 274 Å². The number of nitrogens with zero attached hydrogens (tertiary/aromatic N) is 1. The zero-order chi connectivity index (χ0) is 55.0. The highest BCUT2D eigenvalue weighted by Crippen LogP contribution is 2.46. The maximum Gasteiger partial charge on any atom is 0.334 e. The second kappa shape index (κ2) is 28.5. The molecule has 2 saturated heterocycles. The SMILES string of the molecule is CO[C@@H]([C@H](O)CC(=O)[C@@H](C)[C@@H](O)CC[C@@H](C)[C@@H]1O[C@]2(CC[C@@H](C)[C@H](CC[C@H](C)/C(C)=N/OCC(=O)Nc3cccc(C(=O)c4ccccc4)c3)O2)CC[C@@H]1C)[C@H](OC(=O)C[C@@H](O)/C(C(=O)O)=C(\C)C(=O)O)C(C)C. The van der Waals surface area contributed by atoms with Crippen LogP contribution in [0.2, 0.25) is 0 Å². The van der Waals surface area contributed by atoms with Crippen LogP contribution in [0.5, 0.6) is 0 Å². The Morgan fingerprint density at radius 3 is 2.05 bits per heavy atom. The van der Waals surface area contributed by atoms with Gasteiger partial charge < -0.3 is 54.6 Å². The van der Waals surface area contributed by atoms with Crippen LogP contribution in [0.3, 0.4) is 0 Å². The van der Waals surface area contributed by atoms with E-state index in [1.54, 1.807) is 69.3 Å². The number of nitrogens with one attached hydrogen (secondary N) is 1. The molecule has 0 radical (unpaired) electrons. The van der Waals surface area contributed by atoms with Gasteiger partial charge in [-0.05, 0) is 94.1 Å². The van der Waals surface area contributed by atoms with Gasteiger partial charge in [-0.25, -0.2) is 9.59 Å². The Labute approximate surface area is 435 Å². The molecule has 0 unspecified atom stereocenters. The van der Waals surface area contributed by atoms with Crippen molar-refractivity contribution in [1.82, 2.24) is 0 Å². The number of aliphatic hydroxyl groups excluding tert-OH is 3. The van der Waals surface area contributed by atoms with Gasteiger partial charge in [0.15, 0.2) is 18.2 Å². The molecular formula is C56H80N2O16. The third-order valence-electron chi connectivity index (χ3n) is 14.8. The van der Waals surface area contributed by atoms with Crippen LogP contribution in [0.1, 0.15) is 142 Å². The number of Topliss-reactive ketones (excluding diaryl/α,β-unsaturated/α-hetero) is 1. The maximum atomic E-state index is 13.5. The monoisotopic (exact) mass is 1040 g/mol. The van der Waals surface area contributed by atoms with Crippen molar-refractivity contribution in [3.8, 4) is 0 Å². The van der Waals surface area contributed by atoms with Crippen LogP contribution < -0.4 is 5.32 Å². The van der Waals surface area contributed by atoms with Gasteiger partial charge >= 0.3 is 17.9 Å². The van der Waals surface area contributed by atoms with Crippen LogP contribution in [-0.2, 0) is 47.8 Å². The Kier molecular flexibility index (Phi) is 23.6. The van der Waals surface area contributed by atoms with Gasteiger partial charge in [0.05, 0.1) is 48.2 Å². The first-order chi connectivity index (χ1) is 34.9. The van der Waals surface area contributed by atoms with Gasteiger partial charge in [0.2, 0.25) is 0 Å². The molecule has 18 nitrogen and oxygen atoms in total. The van der Waals surface area contributed by atoms with Crippen LogP contribution in [0, 0.1) is 35.5 Å². The minimum atomic E-state index is -1.99. The Hall–Kier alpha value is -5.37. The first kappa shape index (κ1) is 61.2. The third kappa shape index (κ3) is 17.3. The van der Waals surface area contributed by atoms with E-state index in [2.05, 4.69) is 38.2 Å². The highest BCUT2D eigenvalue weighted by molar-refractivity contribution is 6.09. The molecule has 13 atom stereocenters. The number of amides is 1. The van der Waals surface area contributed by atoms with E-state index in [9.17, 15) is 54.3 Å². The number of ketones is 2. The van der Waals surface area contributed by atoms with Crippen molar-refractivity contribution in [1.29, 1.82) is 0 Å². The largest absolute Gasteiger partial charge is 0.478 e. The second-order valence-corrected chi connectivity index (χ2v) is 20.9. The molecular weight excluding hydrogens is 957 g/mol. The van der Waals surface area contributed by atoms with Gasteiger partial charge in [-0.15, -0.1) is 0 Å². The number of anilines is 1. The Morgan fingerprint density at radius 1 is 0.784 bits per heavy atom. The molecule has 1 spiro atoms. The van der Waals surface area contributed by atoms with E-state index in [1.165, 1.54) is 7.11 Å². The van der Waals surface area contributed by atoms with Crippen LogP contribution in [0.25, 0.3) is 0 Å². The molecule has 74 heavy (non-hydrogen) atoms. The number of hydrogen-bond donors (Lipinski definition) is 6. The molecule has 0 aromatic heterocycles. The predicted octanol–water partition coefficient (Wildman–Crippen LogP) is 7.54. The summed E-state index contributed by atoms with van der Waals surface area (Å²) in [7, 11) is 1.26. The van der Waals surface area contributed by atoms with Crippen molar-refractivity contribution in [2.45, 2.75) is 175 Å². The van der Waals surface area contributed by atoms with Crippen LogP contribution in [0.4, 0.5) is 5.69 Å². The molecule has 2 aliphatic heterocycles. The molecule has 0 bridgehead atoms. The summed E-state index contributed by atoms with van der Waals surface area (Å²) in [6, 6.07) is 15.7. The molecule has 2 aromatic rings. The predicted molar refractivity (Wildman–Crippen MR) is 275 cm³/mol. The van der Waals surface area contributed by atoms with Crippen molar-refractivity contribution in [2.75, 3.05) is 19.0 Å². The first-order valence-electron chi connectivity index (χ1n) is 25.9. The first-order valence-corrected chi connectivity index (χ1v) is 25.9. The van der Waals surface area contributed by atoms with Crippen LogP contribution in [-0.4, -0.2) is 129 Å². The zero-order valence-electron chi connectivity index (χ0n) is 44.7. The zero-order valence-corrected chi connectivity index (χ0v) is 44.7. The van der Waals surface area contributed by atoms with Crippen molar-refractivity contribution in [2.24, 2.45) is 40.7 Å². The molecule has 2 aromatic carbocycles. The third-order valence-corrected chi connectivity index (χ3v) is 14.8. The number of ether oxygens (including phenoxy) is 4. The summed E-state index contributed by atoms with van der Waals surface area (Å²) in [6.07, 6.45) is -2.67. The number of methoxy groups -OCH3 is 1. The summed E-state index contributed by atoms with van der Waals surface area (Å²) in [5, 5.41) is 58.7. The molecule has 2 fully saturated rings. The Bertz CT molecular complexity index is 2280. The highest BCUT2D eigenvalue weighted by Gasteiger charge is 2.48. The highest BCUT2D eigenvalue weighted by atomic mass is 16.7. The molecule has 2 aliphatic rings. The Balaban J connectivity index is 1.25. The minimum absolute atomic E-state index is 0.00840. The summed E-state index contributed by atoms with van der Waals surface area (Å²) in [5.41, 5.74) is 0.712. The quantitative estimate of drug-likeness (QED) is 0.0158. The number of benzene rings is 2. The summed E-state index contributed by atoms with van der Waals surface area (Å²) in [4.78, 5) is 80.5. The number of hydrogen-bond acceptors (Lipinski definition) is 15. The van der Waals surface area contributed by atoms with Gasteiger partial charge in [0.1, 0.15) is 18.0 Å². The lowest BCUT2D eigenvalue weighted by atomic mass is 9.79. The molecule has 6 N–H and O–H groups in total. The number of carboxylic acid groups (broad SMARTS) is 2. The van der Waals surface area contributed by atoms with Crippen molar-refractivity contribution >= 4 is 46.8 Å². The molecule has 4 rings (SSSR count). The number of esters is 1. The number of oxime groups is 1. The minimum Gasteiger partial charge on any atom is -0.478 e. The summed E-state index contributed by atoms with van der Waals surface area (Å²) < 4.78 is 24.8. The van der Waals surface area contributed by atoms with Crippen molar-refractivity contribution in [3.05, 3.63) is 76.9 Å². The van der Waals surface area contributed by atoms with Gasteiger partial charge in [-0.3, -0.25) is 19.2 Å². The van der Waals surface area contributed by atoms with Gasteiger partial charge in [0, 0.05) is 54.7 Å². The molecule has 2 heterocycles. The fourth-order valence-electron chi connectivity index (χ4n) is 9.80. The summed E-state index contributed by atoms with van der Waals surface area (Å²) in [5.74, 6) is -6.86. The van der Waals surface area contributed by atoms with E-state index in [4.69, 9.17) is 23.8 Å². The van der Waals surface area contributed by atoms with Crippen LogP contribution in [0.15, 0.2) is 70.9 Å². The fourth-order valence-corrected chi connectivity index (χ4v) is 9.80. The second-order valence-electron chi connectivity index (χ2n) is 20.9. The number of rotatable bonds is 28. The normalized spacial score (nSPS) is 23.8. The molecule has 1 amide bonds. The summed E-state index contributed by atoms with van der Waals surface area (Å²) >= 11 is 0. The number of aliphatic hydroxyl groups is 3. The van der Waals surface area contributed by atoms with Gasteiger partial charge in [-0.2, -0.15) is 0 Å². The van der Waals surface area contributed by atoms with Gasteiger partial charge in [-0.1, -0.05) is 96.1 Å². The van der Waals surface area contributed by atoms with Gasteiger partial charge in [0.25, 0.3) is 5.91 Å². The number of carbonyl (C=O) groups excluding carboxylic acids is 4. The maximum absolute atomic E-state index is 13.5. The standard InChI is InChI=1S/C56H80N2O16/c1-31(2)51(72-48(64)29-44(61)49(55(68)69)37(8)54(66)67)53(70-10)45(62)28-43(60)36(7)42(59)21-19-34(5)52-35(6)24-26-56(74-52)25-23-33(4)46(73-56)22-20-32(3)38(9)58-71-30-47(63)57-41-18-14-17-40(27-41)50(65)39-15-12-11-13-16-39/h11-18,27,31-36,42,44-46,51-53,59,61-62H,19-26,28-30H2,1-10H3,(H,57,63)(H,66,67)(H,68,69)/b49-37-,58-38+/t32-,33+,34+,35-,36-,42-,44+,45+,46-,51+,52-,53-,56+/m0/s1. The molecule has 18 heteroatoms. The number of carbonyl (C=O) groups is 6. The summed E-state index contributed by atoms with van der Waals surface area (Å²) in [6.45, 7) is 16.0. The van der Waals surface area contributed by atoms with E-state index in [0.717, 1.165) is 51.2 Å². The van der Waals surface area contributed by atoms with Crippen molar-refractivity contribution < 1.29 is 78.1 Å². The van der Waals surface area contributed by atoms with E-state index in [1.807, 2.05) is 13.0 Å². The Morgan fingerprint density at radius 2 is 1.43 bits per heavy atom. The van der Waals surface area contributed by atoms with E-state index >= 15 is 0 Å². The molecule has 410 valence electrons. The lowest BCUT2D eigenvalue weighted by molar-refractivity contribution is -0.338. The van der Waals surface area contributed by atoms with E-state index < -0.39 is 102 Å². The van der Waals surface area contributed by atoms with E-state index in [-0.39, 0.29) is 42.4 Å².